The van der Waals surface area contributed by atoms with Crippen LogP contribution in [0.3, 0.4) is 0 Å². The van der Waals surface area contributed by atoms with Crippen LogP contribution in [0, 0.1) is 24.7 Å². The smallest absolute Gasteiger partial charge is 0.268 e. The van der Waals surface area contributed by atoms with Gasteiger partial charge in [-0.25, -0.2) is 0 Å². The van der Waals surface area contributed by atoms with E-state index in [9.17, 15) is 18.1 Å². The minimum absolute atomic E-state index is 0.0363. The monoisotopic (exact) mass is 391 g/mol. The standard InChI is InChI=1S/C21H29NO4S/c1-13-10-15(17-11-19(17)27(24,25)26)6-7-21(13)8-9-22(3)12-16-4-5-18(23)14(2)20(16)21/h4-7,13,15,17,19,23H,8-12H2,1-3H3,(H,24,25,26)/t13-,15-,17+,19+,21-/m0/s1. The molecular formula is C21H29NO4S. The number of nitrogens with zero attached hydrogens (tertiary/aromatic N) is 1. The van der Waals surface area contributed by atoms with Gasteiger partial charge in [0, 0.05) is 12.0 Å². The Morgan fingerprint density at radius 2 is 2.00 bits per heavy atom. The van der Waals surface area contributed by atoms with Crippen molar-refractivity contribution in [2.45, 2.75) is 50.3 Å². The third kappa shape index (κ3) is 3.12. The Labute approximate surface area is 161 Å². The van der Waals surface area contributed by atoms with Gasteiger partial charge in [-0.3, -0.25) is 4.55 Å². The average molecular weight is 392 g/mol. The lowest BCUT2D eigenvalue weighted by atomic mass is 9.61. The highest BCUT2D eigenvalue weighted by Gasteiger charge is 2.53. The molecule has 0 unspecified atom stereocenters. The van der Waals surface area contributed by atoms with E-state index < -0.39 is 15.4 Å². The van der Waals surface area contributed by atoms with Crippen LogP contribution in [0.2, 0.25) is 0 Å². The Morgan fingerprint density at radius 1 is 1.26 bits per heavy atom. The van der Waals surface area contributed by atoms with E-state index in [4.69, 9.17) is 0 Å². The van der Waals surface area contributed by atoms with Crippen LogP contribution in [0.15, 0.2) is 24.3 Å². The van der Waals surface area contributed by atoms with E-state index in [2.05, 4.69) is 31.0 Å². The van der Waals surface area contributed by atoms with Crippen molar-refractivity contribution in [3.8, 4) is 5.75 Å². The molecule has 27 heavy (non-hydrogen) atoms. The van der Waals surface area contributed by atoms with Crippen molar-refractivity contribution in [2.75, 3.05) is 13.6 Å². The molecule has 1 heterocycles. The van der Waals surface area contributed by atoms with Crippen LogP contribution in [-0.2, 0) is 22.1 Å². The number of hydrogen-bond donors (Lipinski definition) is 2. The molecule has 3 aliphatic rings. The van der Waals surface area contributed by atoms with Crippen molar-refractivity contribution in [1.29, 1.82) is 0 Å². The normalized spacial score (nSPS) is 36.4. The van der Waals surface area contributed by atoms with E-state index in [1.165, 1.54) is 11.1 Å². The van der Waals surface area contributed by atoms with Gasteiger partial charge in [-0.15, -0.1) is 0 Å². The first-order valence-electron chi connectivity index (χ1n) is 9.79. The van der Waals surface area contributed by atoms with E-state index in [1.807, 2.05) is 13.0 Å². The van der Waals surface area contributed by atoms with E-state index >= 15 is 0 Å². The zero-order valence-electron chi connectivity index (χ0n) is 16.2. The summed E-state index contributed by atoms with van der Waals surface area (Å²) in [6.07, 6.45) is 6.93. The zero-order valence-corrected chi connectivity index (χ0v) is 17.0. The van der Waals surface area contributed by atoms with Gasteiger partial charge in [-0.2, -0.15) is 8.42 Å². The third-order valence-corrected chi connectivity index (χ3v) is 8.50. The predicted octanol–water partition coefficient (Wildman–Crippen LogP) is 3.26. The van der Waals surface area contributed by atoms with E-state index in [0.717, 1.165) is 31.5 Å². The highest BCUT2D eigenvalue weighted by molar-refractivity contribution is 7.86. The Morgan fingerprint density at radius 3 is 2.63 bits per heavy atom. The molecule has 2 N–H and O–H groups in total. The molecule has 2 aliphatic carbocycles. The first-order valence-corrected chi connectivity index (χ1v) is 11.3. The molecular weight excluding hydrogens is 362 g/mol. The molecule has 5 atom stereocenters. The van der Waals surface area contributed by atoms with Crippen molar-refractivity contribution in [3.05, 3.63) is 41.0 Å². The lowest BCUT2D eigenvalue weighted by Gasteiger charge is -2.43. The van der Waals surface area contributed by atoms with Crippen LogP contribution >= 0.6 is 0 Å². The number of rotatable bonds is 2. The van der Waals surface area contributed by atoms with E-state index in [-0.39, 0.29) is 17.3 Å². The molecule has 6 heteroatoms. The fourth-order valence-electron chi connectivity index (χ4n) is 5.52. The van der Waals surface area contributed by atoms with E-state index in [1.54, 1.807) is 6.07 Å². The van der Waals surface area contributed by atoms with Gasteiger partial charge in [0.1, 0.15) is 5.75 Å². The molecule has 1 aromatic rings. The molecule has 1 aliphatic heterocycles. The van der Waals surface area contributed by atoms with Crippen molar-refractivity contribution in [2.24, 2.45) is 17.8 Å². The fraction of sp³-hybridized carbons (Fsp3) is 0.619. The second kappa shape index (κ2) is 6.33. The van der Waals surface area contributed by atoms with Gasteiger partial charge in [-0.1, -0.05) is 25.1 Å². The van der Waals surface area contributed by atoms with Gasteiger partial charge in [0.25, 0.3) is 10.1 Å². The minimum Gasteiger partial charge on any atom is -0.508 e. The summed E-state index contributed by atoms with van der Waals surface area (Å²) in [4.78, 5) is 2.33. The van der Waals surface area contributed by atoms with Crippen LogP contribution in [0.4, 0.5) is 0 Å². The van der Waals surface area contributed by atoms with Crippen molar-refractivity contribution >= 4 is 10.1 Å². The second-order valence-electron chi connectivity index (χ2n) is 8.88. The Balaban J connectivity index is 1.74. The number of hydrogen-bond acceptors (Lipinski definition) is 4. The molecule has 4 rings (SSSR count). The number of phenolic OH excluding ortho intramolecular Hbond substituents is 1. The van der Waals surface area contributed by atoms with Gasteiger partial charge >= 0.3 is 0 Å². The van der Waals surface area contributed by atoms with Gasteiger partial charge in [-0.05, 0) is 80.3 Å². The second-order valence-corrected chi connectivity index (χ2v) is 10.5. The summed E-state index contributed by atoms with van der Waals surface area (Å²) in [5.74, 6) is 0.906. The molecule has 1 saturated carbocycles. The van der Waals surface area contributed by atoms with Crippen molar-refractivity contribution < 1.29 is 18.1 Å². The maximum Gasteiger partial charge on any atom is 0.268 e. The first kappa shape index (κ1) is 19.0. The van der Waals surface area contributed by atoms with Crippen LogP contribution in [0.1, 0.15) is 42.9 Å². The topological polar surface area (TPSA) is 77.8 Å². The SMILES string of the molecule is Cc1c(O)ccc2c1[C@@]1(C=C[C@H]([C@H]3C[C@H]3S(=O)(=O)O)C[C@@H]1C)CCN(C)C2. The lowest BCUT2D eigenvalue weighted by Crippen LogP contribution is -2.38. The first-order chi connectivity index (χ1) is 12.6. The van der Waals surface area contributed by atoms with Crippen LogP contribution in [0.25, 0.3) is 0 Å². The Bertz CT molecular complexity index is 894. The van der Waals surface area contributed by atoms with E-state index in [0.29, 0.717) is 18.1 Å². The van der Waals surface area contributed by atoms with Crippen molar-refractivity contribution in [1.82, 2.24) is 4.90 Å². The molecule has 0 bridgehead atoms. The molecule has 1 fully saturated rings. The summed E-state index contributed by atoms with van der Waals surface area (Å²) in [7, 11) is -1.80. The molecule has 5 nitrogen and oxygen atoms in total. The number of fused-ring (bicyclic) bond motifs is 2. The predicted molar refractivity (Wildman–Crippen MR) is 105 cm³/mol. The summed E-state index contributed by atoms with van der Waals surface area (Å²) in [5, 5.41) is 9.78. The van der Waals surface area contributed by atoms with Crippen molar-refractivity contribution in [3.63, 3.8) is 0 Å². The van der Waals surface area contributed by atoms with Gasteiger partial charge < -0.3 is 10.0 Å². The molecule has 0 radical (unpaired) electrons. The number of aromatic hydroxyl groups is 1. The molecule has 0 saturated heterocycles. The Hall–Kier alpha value is -1.37. The number of allylic oxidation sites excluding steroid dienone is 2. The highest BCUT2D eigenvalue weighted by Crippen LogP contribution is 2.54. The summed E-state index contributed by atoms with van der Waals surface area (Å²) in [6, 6.07) is 3.84. The molecule has 1 aromatic carbocycles. The Kier molecular flexibility index (Phi) is 4.44. The molecule has 0 amide bonds. The zero-order chi connectivity index (χ0) is 19.6. The molecule has 0 aromatic heterocycles. The number of phenols is 1. The quantitative estimate of drug-likeness (QED) is 0.598. The fourth-order valence-corrected chi connectivity index (χ4v) is 6.63. The average Bonchev–Trinajstić information content (AvgIpc) is 3.39. The molecule has 148 valence electrons. The minimum atomic E-state index is -3.93. The lowest BCUT2D eigenvalue weighted by molar-refractivity contribution is 0.233. The van der Waals surface area contributed by atoms with Crippen LogP contribution in [0.5, 0.6) is 5.75 Å². The highest BCUT2D eigenvalue weighted by atomic mass is 32.2. The number of benzene rings is 1. The molecule has 1 spiro atoms. The maximum atomic E-state index is 11.4. The summed E-state index contributed by atoms with van der Waals surface area (Å²) < 4.78 is 32.2. The maximum absolute atomic E-state index is 11.4. The summed E-state index contributed by atoms with van der Waals surface area (Å²) in [5.41, 5.74) is 3.33. The van der Waals surface area contributed by atoms with Gasteiger partial charge in [0.05, 0.1) is 5.25 Å². The van der Waals surface area contributed by atoms with Gasteiger partial charge in [0.2, 0.25) is 0 Å². The third-order valence-electron chi connectivity index (χ3n) is 7.19. The largest absolute Gasteiger partial charge is 0.508 e. The van der Waals surface area contributed by atoms with Gasteiger partial charge in [0.15, 0.2) is 0 Å². The summed E-state index contributed by atoms with van der Waals surface area (Å²) >= 11 is 0. The summed E-state index contributed by atoms with van der Waals surface area (Å²) in [6.45, 7) is 6.10. The van der Waals surface area contributed by atoms with Crippen LogP contribution in [-0.4, -0.2) is 41.8 Å². The van der Waals surface area contributed by atoms with Crippen LogP contribution < -0.4 is 0 Å².